The summed E-state index contributed by atoms with van der Waals surface area (Å²) in [5.41, 5.74) is 2.29. The lowest BCUT2D eigenvalue weighted by molar-refractivity contribution is -0.116. The van der Waals surface area contributed by atoms with Gasteiger partial charge < -0.3 is 10.6 Å². The second-order valence-electron chi connectivity index (χ2n) is 8.03. The van der Waals surface area contributed by atoms with Gasteiger partial charge in [0.05, 0.1) is 4.90 Å². The lowest BCUT2D eigenvalue weighted by Gasteiger charge is -2.11. The number of sulfonamides is 1. The van der Waals surface area contributed by atoms with E-state index in [1.165, 1.54) is 12.1 Å². The van der Waals surface area contributed by atoms with E-state index in [9.17, 15) is 18.0 Å². The number of carbonyl (C=O) groups excluding carboxylic acids is 2. The summed E-state index contributed by atoms with van der Waals surface area (Å²) in [6.45, 7) is 4.25. The molecule has 0 spiro atoms. The first-order chi connectivity index (χ1) is 15.7. The van der Waals surface area contributed by atoms with E-state index in [1.807, 2.05) is 32.0 Å². The van der Waals surface area contributed by atoms with Crippen molar-refractivity contribution in [3.63, 3.8) is 0 Å². The SMILES string of the molecule is CC(C)CC(=O)Nc1cccc(CNC(=O)c2ccc(NS(=O)(=O)c3ccccc3)cc2)c1. The fourth-order valence-electron chi connectivity index (χ4n) is 3.13. The smallest absolute Gasteiger partial charge is 0.261 e. The molecule has 0 aliphatic rings. The predicted molar refractivity (Wildman–Crippen MR) is 129 cm³/mol. The zero-order valence-electron chi connectivity index (χ0n) is 18.5. The van der Waals surface area contributed by atoms with Gasteiger partial charge in [-0.05, 0) is 60.0 Å². The molecular formula is C25H27N3O4S. The average Bonchev–Trinajstić information content (AvgIpc) is 2.78. The summed E-state index contributed by atoms with van der Waals surface area (Å²) in [6.07, 6.45) is 0.443. The molecule has 0 aromatic heterocycles. The Labute approximate surface area is 194 Å². The fraction of sp³-hybridized carbons (Fsp3) is 0.200. The molecule has 0 aliphatic carbocycles. The van der Waals surface area contributed by atoms with Crippen LogP contribution in [-0.4, -0.2) is 20.2 Å². The van der Waals surface area contributed by atoms with Crippen molar-refractivity contribution in [1.82, 2.24) is 5.32 Å². The van der Waals surface area contributed by atoms with Crippen LogP contribution in [0.4, 0.5) is 11.4 Å². The van der Waals surface area contributed by atoms with Gasteiger partial charge >= 0.3 is 0 Å². The number of rotatable bonds is 9. The van der Waals surface area contributed by atoms with Gasteiger partial charge in [-0.1, -0.05) is 44.2 Å². The number of nitrogens with one attached hydrogen (secondary N) is 3. The molecule has 0 aliphatic heterocycles. The second kappa shape index (κ2) is 10.8. The minimum Gasteiger partial charge on any atom is -0.348 e. The van der Waals surface area contributed by atoms with E-state index in [4.69, 9.17) is 0 Å². The Morgan fingerprint density at radius 1 is 0.848 bits per heavy atom. The van der Waals surface area contributed by atoms with Gasteiger partial charge in [0.2, 0.25) is 5.91 Å². The van der Waals surface area contributed by atoms with Crippen molar-refractivity contribution in [1.29, 1.82) is 0 Å². The third kappa shape index (κ3) is 7.18. The quantitative estimate of drug-likeness (QED) is 0.436. The standard InChI is InChI=1S/C25H27N3O4S/c1-18(2)15-24(29)27-22-8-6-7-19(16-22)17-26-25(30)20-11-13-21(14-12-20)28-33(31,32)23-9-4-3-5-10-23/h3-14,16,18,28H,15,17H2,1-2H3,(H,26,30)(H,27,29). The molecule has 0 saturated carbocycles. The van der Waals surface area contributed by atoms with Crippen molar-refractivity contribution in [2.45, 2.75) is 31.7 Å². The van der Waals surface area contributed by atoms with E-state index < -0.39 is 10.0 Å². The van der Waals surface area contributed by atoms with Crippen molar-refractivity contribution >= 4 is 33.2 Å². The molecule has 8 heteroatoms. The molecule has 33 heavy (non-hydrogen) atoms. The maximum Gasteiger partial charge on any atom is 0.261 e. The van der Waals surface area contributed by atoms with Gasteiger partial charge in [0, 0.05) is 29.9 Å². The first-order valence-corrected chi connectivity index (χ1v) is 12.1. The topological polar surface area (TPSA) is 104 Å². The molecule has 0 radical (unpaired) electrons. The minimum atomic E-state index is -3.69. The van der Waals surface area contributed by atoms with Crippen LogP contribution in [0, 0.1) is 5.92 Å². The van der Waals surface area contributed by atoms with Crippen molar-refractivity contribution in [3.05, 3.63) is 90.0 Å². The number of carbonyl (C=O) groups is 2. The summed E-state index contributed by atoms with van der Waals surface area (Å²) in [7, 11) is -3.69. The molecule has 0 atom stereocenters. The van der Waals surface area contributed by atoms with Crippen molar-refractivity contribution in [3.8, 4) is 0 Å². The minimum absolute atomic E-state index is 0.0471. The van der Waals surface area contributed by atoms with Crippen LogP contribution in [0.15, 0.2) is 83.8 Å². The number of hydrogen-bond donors (Lipinski definition) is 3. The van der Waals surface area contributed by atoms with Crippen molar-refractivity contribution in [2.24, 2.45) is 5.92 Å². The molecule has 172 valence electrons. The third-order valence-corrected chi connectivity index (χ3v) is 6.11. The Kier molecular flexibility index (Phi) is 7.84. The monoisotopic (exact) mass is 465 g/mol. The highest BCUT2D eigenvalue weighted by Gasteiger charge is 2.14. The Bertz CT molecular complexity index is 1210. The summed E-state index contributed by atoms with van der Waals surface area (Å²) in [5.74, 6) is -0.0663. The fourth-order valence-corrected chi connectivity index (χ4v) is 4.21. The molecule has 7 nitrogen and oxygen atoms in total. The van der Waals surface area contributed by atoms with Gasteiger partial charge in [0.15, 0.2) is 0 Å². The highest BCUT2D eigenvalue weighted by Crippen LogP contribution is 2.17. The summed E-state index contributed by atoms with van der Waals surface area (Å²) in [6, 6.07) is 21.6. The van der Waals surface area contributed by atoms with Crippen LogP contribution in [0.1, 0.15) is 36.2 Å². The Hall–Kier alpha value is -3.65. The van der Waals surface area contributed by atoms with Crippen LogP contribution in [0.2, 0.25) is 0 Å². The maximum atomic E-state index is 12.5. The number of benzene rings is 3. The largest absolute Gasteiger partial charge is 0.348 e. The van der Waals surface area contributed by atoms with Crippen LogP contribution >= 0.6 is 0 Å². The van der Waals surface area contributed by atoms with Crippen LogP contribution in [-0.2, 0) is 21.4 Å². The van der Waals surface area contributed by atoms with Gasteiger partial charge in [-0.3, -0.25) is 14.3 Å². The zero-order valence-corrected chi connectivity index (χ0v) is 19.4. The van der Waals surface area contributed by atoms with Crippen LogP contribution in [0.25, 0.3) is 0 Å². The van der Waals surface area contributed by atoms with E-state index in [1.54, 1.807) is 48.5 Å². The lowest BCUT2D eigenvalue weighted by Crippen LogP contribution is -2.23. The van der Waals surface area contributed by atoms with Gasteiger partial charge in [-0.25, -0.2) is 8.42 Å². The molecule has 3 rings (SSSR count). The Balaban J connectivity index is 1.57. The Morgan fingerprint density at radius 3 is 2.21 bits per heavy atom. The summed E-state index contributed by atoms with van der Waals surface area (Å²) in [5, 5.41) is 5.69. The molecule has 0 unspecified atom stereocenters. The molecular weight excluding hydrogens is 438 g/mol. The van der Waals surface area contributed by atoms with Gasteiger partial charge in [0.25, 0.3) is 15.9 Å². The second-order valence-corrected chi connectivity index (χ2v) is 9.71. The predicted octanol–water partition coefficient (Wildman–Crippen LogP) is 4.40. The summed E-state index contributed by atoms with van der Waals surface area (Å²) in [4.78, 5) is 24.6. The van der Waals surface area contributed by atoms with E-state index in [0.717, 1.165) is 5.56 Å². The first-order valence-electron chi connectivity index (χ1n) is 10.6. The van der Waals surface area contributed by atoms with Crippen LogP contribution < -0.4 is 15.4 Å². The first kappa shape index (κ1) is 24.0. The molecule has 0 heterocycles. The molecule has 2 amide bonds. The highest BCUT2D eigenvalue weighted by molar-refractivity contribution is 7.92. The van der Waals surface area contributed by atoms with E-state index >= 15 is 0 Å². The third-order valence-electron chi connectivity index (χ3n) is 4.71. The van der Waals surface area contributed by atoms with E-state index in [0.29, 0.717) is 23.4 Å². The van der Waals surface area contributed by atoms with Gasteiger partial charge in [-0.2, -0.15) is 0 Å². The highest BCUT2D eigenvalue weighted by atomic mass is 32.2. The zero-order chi connectivity index (χ0) is 23.8. The van der Waals surface area contributed by atoms with E-state index in [-0.39, 0.29) is 29.2 Å². The molecule has 0 fully saturated rings. The number of anilines is 2. The van der Waals surface area contributed by atoms with Gasteiger partial charge in [-0.15, -0.1) is 0 Å². The molecule has 3 aromatic carbocycles. The Morgan fingerprint density at radius 2 is 1.55 bits per heavy atom. The van der Waals surface area contributed by atoms with E-state index in [2.05, 4.69) is 15.4 Å². The number of amides is 2. The van der Waals surface area contributed by atoms with Crippen LogP contribution in [0.5, 0.6) is 0 Å². The molecule has 3 aromatic rings. The molecule has 3 N–H and O–H groups in total. The summed E-state index contributed by atoms with van der Waals surface area (Å²) < 4.78 is 27.3. The number of hydrogen-bond acceptors (Lipinski definition) is 4. The average molecular weight is 466 g/mol. The van der Waals surface area contributed by atoms with Crippen molar-refractivity contribution < 1.29 is 18.0 Å². The maximum absolute atomic E-state index is 12.5. The molecule has 0 saturated heterocycles. The normalized spacial score (nSPS) is 11.1. The van der Waals surface area contributed by atoms with Crippen LogP contribution in [0.3, 0.4) is 0 Å². The van der Waals surface area contributed by atoms with Crippen molar-refractivity contribution in [2.75, 3.05) is 10.0 Å². The van der Waals surface area contributed by atoms with Gasteiger partial charge in [0.1, 0.15) is 0 Å². The molecule has 0 bridgehead atoms. The lowest BCUT2D eigenvalue weighted by atomic mass is 10.1. The summed E-state index contributed by atoms with van der Waals surface area (Å²) >= 11 is 0.